The monoisotopic (exact) mass is 284 g/mol. The van der Waals surface area contributed by atoms with E-state index in [1.165, 1.54) is 0 Å². The molecule has 0 heterocycles. The Morgan fingerprint density at radius 1 is 1.06 bits per heavy atom. The topological polar surface area (TPSA) is 52.6 Å². The van der Waals surface area contributed by atoms with Gasteiger partial charge in [0.05, 0.1) is 19.4 Å². The molecule has 0 amide bonds. The van der Waals surface area contributed by atoms with Crippen molar-refractivity contribution in [2.75, 3.05) is 13.2 Å². The molecule has 0 aromatic carbocycles. The van der Waals surface area contributed by atoms with Crippen LogP contribution in [0.25, 0.3) is 0 Å². The molecule has 100 valence electrons. The van der Waals surface area contributed by atoms with E-state index in [9.17, 15) is 9.59 Å². The fraction of sp³-hybridized carbons (Fsp3) is 0.818. The van der Waals surface area contributed by atoms with Gasteiger partial charge < -0.3 is 9.47 Å². The van der Waals surface area contributed by atoms with Crippen molar-refractivity contribution >= 4 is 35.1 Å². The van der Waals surface area contributed by atoms with Crippen molar-refractivity contribution in [2.24, 2.45) is 5.41 Å². The lowest BCUT2D eigenvalue weighted by atomic mass is 9.99. The Morgan fingerprint density at radius 2 is 1.53 bits per heavy atom. The number of hydrogen-bond acceptors (Lipinski definition) is 4. The van der Waals surface area contributed by atoms with E-state index in [2.05, 4.69) is 4.74 Å². The van der Waals surface area contributed by atoms with Crippen LogP contribution in [0.1, 0.15) is 33.6 Å². The zero-order valence-corrected chi connectivity index (χ0v) is 11.8. The molecule has 0 N–H and O–H groups in total. The van der Waals surface area contributed by atoms with Crippen LogP contribution in [0.2, 0.25) is 0 Å². The molecule has 0 saturated carbocycles. The highest BCUT2D eigenvalue weighted by Crippen LogP contribution is 2.13. The van der Waals surface area contributed by atoms with E-state index in [1.807, 2.05) is 20.8 Å². The third-order valence-electron chi connectivity index (χ3n) is 1.57. The van der Waals surface area contributed by atoms with Gasteiger partial charge in [-0.25, -0.2) is 0 Å². The van der Waals surface area contributed by atoms with E-state index in [0.717, 1.165) is 0 Å². The summed E-state index contributed by atoms with van der Waals surface area (Å²) >= 11 is 10.8. The summed E-state index contributed by atoms with van der Waals surface area (Å²) in [5.74, 6) is -0.922. The van der Waals surface area contributed by atoms with Crippen LogP contribution in [-0.2, 0) is 19.1 Å². The van der Waals surface area contributed by atoms with Crippen molar-refractivity contribution in [3.63, 3.8) is 0 Å². The van der Waals surface area contributed by atoms with Crippen LogP contribution in [0.5, 0.6) is 0 Å². The lowest BCUT2D eigenvalue weighted by Gasteiger charge is -2.17. The van der Waals surface area contributed by atoms with Gasteiger partial charge in [0.15, 0.2) is 0 Å². The number of alkyl halides is 2. The third kappa shape index (κ3) is 11.8. The number of hydrogen-bond donors (Lipinski definition) is 0. The smallest absolute Gasteiger partial charge is 0.306 e. The van der Waals surface area contributed by atoms with Crippen LogP contribution in [0.15, 0.2) is 0 Å². The van der Waals surface area contributed by atoms with Gasteiger partial charge in [0.25, 0.3) is 0 Å². The molecule has 4 nitrogen and oxygen atoms in total. The fourth-order valence-corrected chi connectivity index (χ4v) is 0.927. The zero-order chi connectivity index (χ0) is 13.5. The molecule has 0 aromatic rings. The molecule has 0 radical (unpaired) electrons. The summed E-state index contributed by atoms with van der Waals surface area (Å²) in [7, 11) is 0. The minimum Gasteiger partial charge on any atom is -0.465 e. The molecule has 0 atom stereocenters. The summed E-state index contributed by atoms with van der Waals surface area (Å²) in [5, 5.41) is 0. The standard InChI is InChI=1S/C11H18Cl2O4/c1-11(2,3)7-17-10(15)5-4-9(14)16-6-8(12)13/h8H,4-7H2,1-3H3. The minimum absolute atomic E-state index is 0.00412. The van der Waals surface area contributed by atoms with Crippen molar-refractivity contribution in [1.82, 2.24) is 0 Å². The molecule has 0 saturated heterocycles. The van der Waals surface area contributed by atoms with Gasteiger partial charge in [-0.15, -0.1) is 23.2 Å². The van der Waals surface area contributed by atoms with Crippen molar-refractivity contribution < 1.29 is 19.1 Å². The van der Waals surface area contributed by atoms with Crippen molar-refractivity contribution in [2.45, 2.75) is 38.4 Å². The molecule has 0 fully saturated rings. The van der Waals surface area contributed by atoms with Crippen LogP contribution in [-0.4, -0.2) is 30.0 Å². The first-order chi connectivity index (χ1) is 7.70. The fourth-order valence-electron chi connectivity index (χ4n) is 0.801. The first-order valence-electron chi connectivity index (χ1n) is 5.30. The second kappa shape index (κ2) is 7.77. The Kier molecular flexibility index (Phi) is 7.55. The summed E-state index contributed by atoms with van der Waals surface area (Å²) in [6.45, 7) is 6.12. The molecule has 6 heteroatoms. The second-order valence-electron chi connectivity index (χ2n) is 4.80. The molecule has 0 aliphatic heterocycles. The Hall–Kier alpha value is -0.480. The van der Waals surface area contributed by atoms with Gasteiger partial charge in [0, 0.05) is 0 Å². The molecule has 0 aliphatic rings. The Labute approximate surface area is 112 Å². The SMILES string of the molecule is CC(C)(C)COC(=O)CCC(=O)OCC(Cl)Cl. The highest BCUT2D eigenvalue weighted by atomic mass is 35.5. The van der Waals surface area contributed by atoms with Crippen LogP contribution >= 0.6 is 23.2 Å². The zero-order valence-electron chi connectivity index (χ0n) is 10.3. The molecule has 0 unspecified atom stereocenters. The summed E-state index contributed by atoms with van der Waals surface area (Å²) in [6, 6.07) is 0. The number of carbonyl (C=O) groups is 2. The van der Waals surface area contributed by atoms with Crippen LogP contribution in [0.3, 0.4) is 0 Å². The number of rotatable bonds is 6. The molecule has 0 spiro atoms. The van der Waals surface area contributed by atoms with Crippen LogP contribution < -0.4 is 0 Å². The van der Waals surface area contributed by atoms with E-state index in [-0.39, 0.29) is 24.9 Å². The highest BCUT2D eigenvalue weighted by Gasteiger charge is 2.15. The predicted octanol–water partition coefficient (Wildman–Crippen LogP) is 2.70. The minimum atomic E-state index is -0.744. The van der Waals surface area contributed by atoms with Gasteiger partial charge in [-0.05, 0) is 5.41 Å². The Bertz CT molecular complexity index is 259. The maximum Gasteiger partial charge on any atom is 0.306 e. The largest absolute Gasteiger partial charge is 0.465 e. The van der Waals surface area contributed by atoms with Gasteiger partial charge in [0.2, 0.25) is 0 Å². The van der Waals surface area contributed by atoms with E-state index in [1.54, 1.807) is 0 Å². The molecule has 17 heavy (non-hydrogen) atoms. The van der Waals surface area contributed by atoms with Gasteiger partial charge >= 0.3 is 11.9 Å². The lowest BCUT2D eigenvalue weighted by molar-refractivity contribution is -0.151. The maximum absolute atomic E-state index is 11.3. The number of carbonyl (C=O) groups excluding carboxylic acids is 2. The van der Waals surface area contributed by atoms with Gasteiger partial charge in [-0.2, -0.15) is 0 Å². The third-order valence-corrected chi connectivity index (χ3v) is 1.82. The summed E-state index contributed by atoms with van der Waals surface area (Å²) < 4.78 is 9.67. The van der Waals surface area contributed by atoms with Crippen molar-refractivity contribution in [1.29, 1.82) is 0 Å². The molecule has 0 aromatic heterocycles. The van der Waals surface area contributed by atoms with E-state index >= 15 is 0 Å². The van der Waals surface area contributed by atoms with Gasteiger partial charge in [0.1, 0.15) is 11.4 Å². The molecule has 0 bridgehead atoms. The maximum atomic E-state index is 11.3. The highest BCUT2D eigenvalue weighted by molar-refractivity contribution is 6.44. The average Bonchev–Trinajstić information content (AvgIpc) is 2.19. The second-order valence-corrected chi connectivity index (χ2v) is 6.07. The van der Waals surface area contributed by atoms with E-state index < -0.39 is 16.8 Å². The predicted molar refractivity (Wildman–Crippen MR) is 66.1 cm³/mol. The van der Waals surface area contributed by atoms with Gasteiger partial charge in [-0.3, -0.25) is 9.59 Å². The molecular formula is C11H18Cl2O4. The summed E-state index contributed by atoms with van der Waals surface area (Å²) in [4.78, 5) is 21.6. The normalized spacial score (nSPS) is 11.4. The molecule has 0 rings (SSSR count). The quantitative estimate of drug-likeness (QED) is 0.556. The lowest BCUT2D eigenvalue weighted by Crippen LogP contribution is -2.19. The van der Waals surface area contributed by atoms with E-state index in [0.29, 0.717) is 6.61 Å². The van der Waals surface area contributed by atoms with E-state index in [4.69, 9.17) is 27.9 Å². The number of ether oxygens (including phenoxy) is 2. The Morgan fingerprint density at radius 3 is 1.94 bits per heavy atom. The average molecular weight is 285 g/mol. The molecular weight excluding hydrogens is 267 g/mol. The molecule has 0 aliphatic carbocycles. The Balaban J connectivity index is 3.66. The van der Waals surface area contributed by atoms with Gasteiger partial charge in [-0.1, -0.05) is 20.8 Å². The number of halogens is 2. The first-order valence-corrected chi connectivity index (χ1v) is 6.17. The van der Waals surface area contributed by atoms with Crippen molar-refractivity contribution in [3.8, 4) is 0 Å². The summed E-state index contributed by atoms with van der Waals surface area (Å²) in [5.41, 5.74) is -0.0827. The summed E-state index contributed by atoms with van der Waals surface area (Å²) in [6.07, 6.45) is -0.0202. The first kappa shape index (κ1) is 16.5. The number of esters is 2. The van der Waals surface area contributed by atoms with Crippen molar-refractivity contribution in [3.05, 3.63) is 0 Å². The van der Waals surface area contributed by atoms with Crippen LogP contribution in [0, 0.1) is 5.41 Å². The van der Waals surface area contributed by atoms with Crippen LogP contribution in [0.4, 0.5) is 0 Å².